The van der Waals surface area contributed by atoms with Crippen LogP contribution in [0.2, 0.25) is 0 Å². The Kier molecular flexibility index (Phi) is 4.34. The van der Waals surface area contributed by atoms with Crippen molar-refractivity contribution in [1.82, 2.24) is 5.32 Å². The number of nitrogens with one attached hydrogen (secondary N) is 1. The van der Waals surface area contributed by atoms with Gasteiger partial charge in [-0.2, -0.15) is 0 Å². The molecule has 0 atom stereocenters. The Morgan fingerprint density at radius 2 is 1.00 bits per heavy atom. The molecule has 78 valence electrons. The van der Waals surface area contributed by atoms with Crippen LogP contribution in [0.5, 0.6) is 0 Å². The van der Waals surface area contributed by atoms with Crippen LogP contribution >= 0.6 is 23.2 Å². The summed E-state index contributed by atoms with van der Waals surface area (Å²) in [5.41, 5.74) is 0. The third kappa shape index (κ3) is 3.38. The number of benzene rings is 1. The van der Waals surface area contributed by atoms with E-state index in [1.54, 1.807) is 0 Å². The zero-order valence-corrected chi connectivity index (χ0v) is 9.05. The summed E-state index contributed by atoms with van der Waals surface area (Å²) in [6.45, 7) is 0. The van der Waals surface area contributed by atoms with Crippen molar-refractivity contribution < 1.29 is 9.59 Å². The van der Waals surface area contributed by atoms with Gasteiger partial charge in [0.15, 0.2) is 0 Å². The van der Waals surface area contributed by atoms with Crippen LogP contribution in [-0.2, 0) is 9.59 Å². The molecule has 3 nitrogen and oxygen atoms in total. The molecule has 5 heteroatoms. The Labute approximate surface area is 96.7 Å². The van der Waals surface area contributed by atoms with Crippen LogP contribution < -0.4 is 5.32 Å². The summed E-state index contributed by atoms with van der Waals surface area (Å²) in [5, 5.41) is 1.43. The molecule has 1 N–H and O–H groups in total. The predicted octanol–water partition coefficient (Wildman–Crippen LogP) is 2.02. The number of carbonyl (C=O) groups excluding carboxylic acids is 2. The molecular weight excluding hydrogens is 237 g/mol. The number of rotatable bonds is 0. The van der Waals surface area contributed by atoms with E-state index in [-0.39, 0.29) is 10.1 Å². The van der Waals surface area contributed by atoms with Gasteiger partial charge in [-0.15, -0.1) is 0 Å². The zero-order valence-electron chi connectivity index (χ0n) is 7.54. The summed E-state index contributed by atoms with van der Waals surface area (Å²) in [6.07, 6.45) is 0. The Hall–Kier alpha value is -1.32. The van der Waals surface area contributed by atoms with E-state index in [0.717, 1.165) is 0 Å². The minimum absolute atomic E-state index is 0.235. The van der Waals surface area contributed by atoms with Crippen molar-refractivity contribution in [1.29, 1.82) is 0 Å². The molecule has 0 aromatic heterocycles. The number of hydrogen-bond acceptors (Lipinski definition) is 2. The lowest BCUT2D eigenvalue weighted by Gasteiger charge is -1.83. The number of imide groups is 1. The average molecular weight is 244 g/mol. The Balaban J connectivity index is 0.000000162. The Bertz CT molecular complexity index is 352. The number of carbonyl (C=O) groups is 2. The van der Waals surface area contributed by atoms with E-state index in [4.69, 9.17) is 23.2 Å². The van der Waals surface area contributed by atoms with Crippen molar-refractivity contribution in [3.8, 4) is 0 Å². The van der Waals surface area contributed by atoms with Crippen LogP contribution in [0.3, 0.4) is 0 Å². The standard InChI is InChI=1S/C6H6.C4HCl2NO2/c1-2-4-6-5-3-1;5-1-2(6)4(9)7-3(1)8/h1-6H;(H,7,8,9). The average Bonchev–Trinajstić information content (AvgIpc) is 2.49. The number of amides is 2. The molecule has 0 saturated heterocycles. The maximum Gasteiger partial charge on any atom is 0.271 e. The lowest BCUT2D eigenvalue weighted by molar-refractivity contribution is -0.123. The second-order valence-electron chi connectivity index (χ2n) is 2.57. The van der Waals surface area contributed by atoms with E-state index in [0.29, 0.717) is 0 Å². The van der Waals surface area contributed by atoms with E-state index in [1.807, 2.05) is 41.7 Å². The highest BCUT2D eigenvalue weighted by atomic mass is 35.5. The first kappa shape index (κ1) is 11.8. The highest BCUT2D eigenvalue weighted by Gasteiger charge is 2.26. The molecule has 0 aliphatic carbocycles. The SMILES string of the molecule is O=C1NC(=O)C(Cl)=C1Cl.c1ccccc1. The van der Waals surface area contributed by atoms with Crippen LogP contribution in [-0.4, -0.2) is 11.8 Å². The van der Waals surface area contributed by atoms with Gasteiger partial charge in [-0.1, -0.05) is 59.6 Å². The molecule has 15 heavy (non-hydrogen) atoms. The predicted molar refractivity (Wildman–Crippen MR) is 58.3 cm³/mol. The molecule has 0 saturated carbocycles. The fourth-order valence-corrected chi connectivity index (χ4v) is 1.06. The number of hydrogen-bond donors (Lipinski definition) is 1. The van der Waals surface area contributed by atoms with Gasteiger partial charge in [0.2, 0.25) is 0 Å². The highest BCUT2D eigenvalue weighted by Crippen LogP contribution is 2.18. The molecule has 0 radical (unpaired) electrons. The molecule has 2 rings (SSSR count). The van der Waals surface area contributed by atoms with Crippen molar-refractivity contribution in [2.75, 3.05) is 0 Å². The largest absolute Gasteiger partial charge is 0.287 e. The lowest BCUT2D eigenvalue weighted by atomic mass is 10.4. The first-order chi connectivity index (χ1) is 7.13. The smallest absolute Gasteiger partial charge is 0.271 e. The van der Waals surface area contributed by atoms with Crippen LogP contribution in [0, 0.1) is 0 Å². The van der Waals surface area contributed by atoms with Gasteiger partial charge >= 0.3 is 0 Å². The maximum absolute atomic E-state index is 10.4. The molecule has 2 amide bonds. The third-order valence-corrected chi connectivity index (χ3v) is 2.30. The van der Waals surface area contributed by atoms with E-state index < -0.39 is 11.8 Å². The topological polar surface area (TPSA) is 46.2 Å². The van der Waals surface area contributed by atoms with Gasteiger partial charge in [0.25, 0.3) is 11.8 Å². The number of halogens is 2. The van der Waals surface area contributed by atoms with Crippen LogP contribution in [0.25, 0.3) is 0 Å². The second-order valence-corrected chi connectivity index (χ2v) is 3.32. The van der Waals surface area contributed by atoms with Gasteiger partial charge in [-0.3, -0.25) is 14.9 Å². The lowest BCUT2D eigenvalue weighted by Crippen LogP contribution is -2.21. The molecule has 0 bridgehead atoms. The summed E-state index contributed by atoms with van der Waals surface area (Å²) in [5.74, 6) is -1.27. The summed E-state index contributed by atoms with van der Waals surface area (Å²) in [6, 6.07) is 12.0. The van der Waals surface area contributed by atoms with Crippen molar-refractivity contribution >= 4 is 35.0 Å². The quantitative estimate of drug-likeness (QED) is 0.709. The minimum Gasteiger partial charge on any atom is -0.287 e. The van der Waals surface area contributed by atoms with Gasteiger partial charge in [0.05, 0.1) is 0 Å². The zero-order chi connectivity index (χ0) is 11.3. The van der Waals surface area contributed by atoms with Crippen molar-refractivity contribution in [2.45, 2.75) is 0 Å². The van der Waals surface area contributed by atoms with Crippen molar-refractivity contribution in [2.24, 2.45) is 0 Å². The highest BCUT2D eigenvalue weighted by molar-refractivity contribution is 6.58. The molecular formula is C10H7Cl2NO2. The van der Waals surface area contributed by atoms with E-state index in [9.17, 15) is 9.59 Å². The summed E-state index contributed by atoms with van der Waals surface area (Å²) in [4.78, 5) is 20.8. The van der Waals surface area contributed by atoms with Crippen molar-refractivity contribution in [3.63, 3.8) is 0 Å². The van der Waals surface area contributed by atoms with Crippen LogP contribution in [0.4, 0.5) is 0 Å². The molecule has 1 aliphatic heterocycles. The Morgan fingerprint density at radius 1 is 0.733 bits per heavy atom. The van der Waals surface area contributed by atoms with Crippen LogP contribution in [0.15, 0.2) is 46.5 Å². The molecule has 0 unspecified atom stereocenters. The minimum atomic E-state index is -0.633. The van der Waals surface area contributed by atoms with Gasteiger partial charge in [-0.25, -0.2) is 0 Å². The first-order valence-electron chi connectivity index (χ1n) is 4.04. The normalized spacial score (nSPS) is 14.5. The van der Waals surface area contributed by atoms with Gasteiger partial charge in [0, 0.05) is 0 Å². The van der Waals surface area contributed by atoms with Gasteiger partial charge in [-0.05, 0) is 0 Å². The van der Waals surface area contributed by atoms with Crippen molar-refractivity contribution in [3.05, 3.63) is 46.5 Å². The molecule has 0 spiro atoms. The summed E-state index contributed by atoms with van der Waals surface area (Å²) in [7, 11) is 0. The Morgan fingerprint density at radius 3 is 1.13 bits per heavy atom. The summed E-state index contributed by atoms with van der Waals surface area (Å²) < 4.78 is 0. The fraction of sp³-hybridized carbons (Fsp3) is 0. The fourth-order valence-electron chi connectivity index (χ4n) is 0.797. The second kappa shape index (κ2) is 5.53. The van der Waals surface area contributed by atoms with Gasteiger partial charge in [0.1, 0.15) is 10.1 Å². The summed E-state index contributed by atoms with van der Waals surface area (Å²) >= 11 is 10.4. The van der Waals surface area contributed by atoms with E-state index >= 15 is 0 Å². The molecule has 1 aliphatic rings. The maximum atomic E-state index is 10.4. The molecule has 1 aromatic carbocycles. The molecule has 1 aromatic rings. The monoisotopic (exact) mass is 243 g/mol. The van der Waals surface area contributed by atoms with E-state index in [1.165, 1.54) is 0 Å². The first-order valence-corrected chi connectivity index (χ1v) is 4.79. The van der Waals surface area contributed by atoms with Crippen LogP contribution in [0.1, 0.15) is 0 Å². The molecule has 1 heterocycles. The molecule has 0 fully saturated rings. The van der Waals surface area contributed by atoms with E-state index in [2.05, 4.69) is 0 Å². The third-order valence-electron chi connectivity index (χ3n) is 1.49. The van der Waals surface area contributed by atoms with Gasteiger partial charge < -0.3 is 0 Å².